The van der Waals surface area contributed by atoms with Crippen molar-refractivity contribution in [2.24, 2.45) is 0 Å². The lowest BCUT2D eigenvalue weighted by Gasteiger charge is -2.19. The van der Waals surface area contributed by atoms with Crippen LogP contribution in [0.5, 0.6) is 0 Å². The van der Waals surface area contributed by atoms with Gasteiger partial charge in [0.25, 0.3) is 0 Å². The lowest BCUT2D eigenvalue weighted by atomic mass is 10.3. The molecule has 2 heterocycles. The standard InChI is InChI=1S/C13H12ClN3O2S3/c1-2-17(8-9-6-7-12(14)20-9)22(18,19)11-5-3-4-10-13(11)16-21-15-10/h3-7H,2,8H2,1H3. The number of fused-ring (bicyclic) bond motifs is 1. The van der Waals surface area contributed by atoms with Crippen LogP contribution in [0.4, 0.5) is 0 Å². The van der Waals surface area contributed by atoms with Crippen LogP contribution in [-0.4, -0.2) is 28.0 Å². The molecule has 0 spiro atoms. The number of hydrogen-bond acceptors (Lipinski definition) is 6. The highest BCUT2D eigenvalue weighted by atomic mass is 35.5. The van der Waals surface area contributed by atoms with E-state index in [2.05, 4.69) is 8.75 Å². The molecule has 3 rings (SSSR count). The minimum absolute atomic E-state index is 0.197. The maximum absolute atomic E-state index is 12.9. The summed E-state index contributed by atoms with van der Waals surface area (Å²) >= 11 is 8.31. The van der Waals surface area contributed by atoms with Gasteiger partial charge in [-0.05, 0) is 24.3 Å². The average Bonchev–Trinajstić information content (AvgIpc) is 3.12. The van der Waals surface area contributed by atoms with Crippen molar-refractivity contribution in [2.45, 2.75) is 18.4 Å². The maximum atomic E-state index is 12.9. The molecular formula is C13H12ClN3O2S3. The van der Waals surface area contributed by atoms with Gasteiger partial charge in [0.1, 0.15) is 15.9 Å². The van der Waals surface area contributed by atoms with Gasteiger partial charge < -0.3 is 0 Å². The van der Waals surface area contributed by atoms with E-state index in [0.717, 1.165) is 16.6 Å². The molecule has 0 aliphatic rings. The van der Waals surface area contributed by atoms with Gasteiger partial charge in [-0.25, -0.2) is 8.42 Å². The molecular weight excluding hydrogens is 362 g/mol. The van der Waals surface area contributed by atoms with E-state index >= 15 is 0 Å². The first-order chi connectivity index (χ1) is 10.5. The smallest absolute Gasteiger partial charge is 0.207 e. The molecule has 0 radical (unpaired) electrons. The average molecular weight is 374 g/mol. The molecule has 3 aromatic rings. The fourth-order valence-corrected chi connectivity index (χ4v) is 5.47. The molecule has 0 saturated heterocycles. The van der Waals surface area contributed by atoms with E-state index in [0.29, 0.717) is 28.5 Å². The number of thiophene rings is 1. The summed E-state index contributed by atoms with van der Waals surface area (Å²) in [7, 11) is -3.64. The summed E-state index contributed by atoms with van der Waals surface area (Å²) in [5.41, 5.74) is 1.02. The van der Waals surface area contributed by atoms with Gasteiger partial charge in [-0.3, -0.25) is 0 Å². The van der Waals surface area contributed by atoms with Crippen molar-refractivity contribution in [1.29, 1.82) is 0 Å². The lowest BCUT2D eigenvalue weighted by molar-refractivity contribution is 0.427. The number of hydrogen-bond donors (Lipinski definition) is 0. The number of halogens is 1. The van der Waals surface area contributed by atoms with Crippen LogP contribution in [0.1, 0.15) is 11.8 Å². The Bertz CT molecular complexity index is 904. The Hall–Kier alpha value is -1.06. The van der Waals surface area contributed by atoms with Crippen LogP contribution in [0.2, 0.25) is 4.34 Å². The Morgan fingerprint density at radius 2 is 2.05 bits per heavy atom. The lowest BCUT2D eigenvalue weighted by Crippen LogP contribution is -2.30. The van der Waals surface area contributed by atoms with Crippen LogP contribution in [0.3, 0.4) is 0 Å². The maximum Gasteiger partial charge on any atom is 0.245 e. The van der Waals surface area contributed by atoms with Crippen molar-refractivity contribution in [2.75, 3.05) is 6.54 Å². The first-order valence-electron chi connectivity index (χ1n) is 6.48. The Morgan fingerprint density at radius 3 is 2.73 bits per heavy atom. The van der Waals surface area contributed by atoms with Crippen LogP contribution in [-0.2, 0) is 16.6 Å². The Morgan fingerprint density at radius 1 is 1.23 bits per heavy atom. The molecule has 116 valence electrons. The molecule has 0 N–H and O–H groups in total. The van der Waals surface area contributed by atoms with Gasteiger partial charge in [0, 0.05) is 18.0 Å². The van der Waals surface area contributed by atoms with Gasteiger partial charge in [0.15, 0.2) is 0 Å². The second kappa shape index (κ2) is 6.21. The number of rotatable bonds is 5. The van der Waals surface area contributed by atoms with Crippen molar-refractivity contribution in [3.63, 3.8) is 0 Å². The van der Waals surface area contributed by atoms with Gasteiger partial charge in [0.2, 0.25) is 10.0 Å². The summed E-state index contributed by atoms with van der Waals surface area (Å²) in [4.78, 5) is 1.10. The minimum Gasteiger partial charge on any atom is -0.207 e. The second-order valence-electron chi connectivity index (χ2n) is 4.53. The van der Waals surface area contributed by atoms with Crippen molar-refractivity contribution in [1.82, 2.24) is 13.1 Å². The minimum atomic E-state index is -3.64. The predicted octanol–water partition coefficient (Wildman–Crippen LogP) is 3.62. The van der Waals surface area contributed by atoms with Gasteiger partial charge >= 0.3 is 0 Å². The molecule has 2 aromatic heterocycles. The molecule has 5 nitrogen and oxygen atoms in total. The molecule has 0 saturated carbocycles. The molecule has 0 bridgehead atoms. The van der Waals surface area contributed by atoms with Crippen LogP contribution in [0.15, 0.2) is 35.2 Å². The third-order valence-corrected chi connectivity index (χ3v) is 6.89. The number of nitrogens with zero attached hydrogens (tertiary/aromatic N) is 3. The fourth-order valence-electron chi connectivity index (χ4n) is 2.11. The summed E-state index contributed by atoms with van der Waals surface area (Å²) in [6, 6.07) is 8.63. The molecule has 9 heteroatoms. The Labute approximate surface area is 141 Å². The second-order valence-corrected chi connectivity index (χ2v) is 8.76. The summed E-state index contributed by atoms with van der Waals surface area (Å²) in [6.45, 7) is 2.47. The van der Waals surface area contributed by atoms with Crippen molar-refractivity contribution >= 4 is 55.7 Å². The van der Waals surface area contributed by atoms with Gasteiger partial charge in [0.05, 0.1) is 16.1 Å². The summed E-state index contributed by atoms with van der Waals surface area (Å²) in [5.74, 6) is 0. The third-order valence-electron chi connectivity index (χ3n) is 3.18. The van der Waals surface area contributed by atoms with Gasteiger partial charge in [-0.15, -0.1) is 11.3 Å². The monoisotopic (exact) mass is 373 g/mol. The van der Waals surface area contributed by atoms with Crippen molar-refractivity contribution < 1.29 is 8.42 Å². The Kier molecular flexibility index (Phi) is 4.47. The first kappa shape index (κ1) is 15.8. The highest BCUT2D eigenvalue weighted by molar-refractivity contribution is 7.89. The molecule has 0 unspecified atom stereocenters. The number of benzene rings is 1. The molecule has 0 fully saturated rings. The largest absolute Gasteiger partial charge is 0.245 e. The zero-order valence-electron chi connectivity index (χ0n) is 11.6. The van der Waals surface area contributed by atoms with Gasteiger partial charge in [-0.1, -0.05) is 24.6 Å². The van der Waals surface area contributed by atoms with E-state index in [4.69, 9.17) is 11.6 Å². The predicted molar refractivity (Wildman–Crippen MR) is 90.0 cm³/mol. The zero-order valence-corrected chi connectivity index (χ0v) is 14.8. The van der Waals surface area contributed by atoms with E-state index in [9.17, 15) is 8.42 Å². The van der Waals surface area contributed by atoms with Gasteiger partial charge in [-0.2, -0.15) is 13.1 Å². The van der Waals surface area contributed by atoms with Crippen LogP contribution < -0.4 is 0 Å². The SMILES string of the molecule is CCN(Cc1ccc(Cl)s1)S(=O)(=O)c1cccc2nsnc12. The molecule has 22 heavy (non-hydrogen) atoms. The zero-order chi connectivity index (χ0) is 15.7. The highest BCUT2D eigenvalue weighted by Gasteiger charge is 2.27. The van der Waals surface area contributed by atoms with E-state index in [1.807, 2.05) is 13.0 Å². The van der Waals surface area contributed by atoms with Crippen LogP contribution in [0, 0.1) is 0 Å². The normalized spacial score (nSPS) is 12.3. The van der Waals surface area contributed by atoms with Crippen molar-refractivity contribution in [3.05, 3.63) is 39.5 Å². The van der Waals surface area contributed by atoms with E-state index in [1.165, 1.54) is 15.6 Å². The van der Waals surface area contributed by atoms with E-state index in [1.54, 1.807) is 24.3 Å². The molecule has 1 aromatic carbocycles. The molecule has 0 amide bonds. The third kappa shape index (κ3) is 2.89. The van der Waals surface area contributed by atoms with E-state index in [-0.39, 0.29) is 4.90 Å². The number of aromatic nitrogens is 2. The van der Waals surface area contributed by atoms with Crippen LogP contribution >= 0.6 is 34.7 Å². The summed E-state index contributed by atoms with van der Waals surface area (Å²) < 4.78 is 36.1. The molecule has 0 aliphatic heterocycles. The topological polar surface area (TPSA) is 63.2 Å². The van der Waals surface area contributed by atoms with E-state index < -0.39 is 10.0 Å². The fraction of sp³-hybridized carbons (Fsp3) is 0.231. The molecule has 0 aliphatic carbocycles. The highest BCUT2D eigenvalue weighted by Crippen LogP contribution is 2.28. The first-order valence-corrected chi connectivity index (χ1v) is 9.84. The van der Waals surface area contributed by atoms with Crippen LogP contribution in [0.25, 0.3) is 11.0 Å². The molecule has 0 atom stereocenters. The quantitative estimate of drug-likeness (QED) is 0.685. The summed E-state index contributed by atoms with van der Waals surface area (Å²) in [5, 5.41) is 0. The van der Waals surface area contributed by atoms with Crippen molar-refractivity contribution in [3.8, 4) is 0 Å². The Balaban J connectivity index is 2.01. The summed E-state index contributed by atoms with van der Waals surface area (Å²) in [6.07, 6.45) is 0. The number of sulfonamides is 1.